The van der Waals surface area contributed by atoms with Crippen LogP contribution in [0.5, 0.6) is 0 Å². The largest absolute Gasteiger partial charge is 0.304 e. The van der Waals surface area contributed by atoms with E-state index in [0.29, 0.717) is 6.04 Å². The monoisotopic (exact) mass is 299 g/mol. The molecule has 0 fully saturated rings. The zero-order valence-corrected chi connectivity index (χ0v) is 13.5. The predicted octanol–water partition coefficient (Wildman–Crippen LogP) is 5.24. The lowest BCUT2D eigenvalue weighted by Gasteiger charge is -2.21. The fraction of sp³-hybridized carbons (Fsp3) is 0.368. The van der Waals surface area contributed by atoms with Gasteiger partial charge in [0.15, 0.2) is 0 Å². The van der Waals surface area contributed by atoms with Gasteiger partial charge in [-0.2, -0.15) is 0 Å². The number of benzene rings is 2. The first kappa shape index (κ1) is 14.6. The minimum absolute atomic E-state index is 0.284. The van der Waals surface area contributed by atoms with Crippen LogP contribution in [0.25, 0.3) is 0 Å². The number of fused-ring (bicyclic) bond motifs is 1. The number of halogens is 1. The van der Waals surface area contributed by atoms with Crippen molar-refractivity contribution in [3.63, 3.8) is 0 Å². The maximum absolute atomic E-state index is 6.08. The zero-order chi connectivity index (χ0) is 14.8. The van der Waals surface area contributed by atoms with Crippen LogP contribution >= 0.6 is 11.6 Å². The standard InChI is InChI=1S/C19H22ClN/c1-13(16-6-4-8-19(20)12-16)21-14(2)17-10-9-15-5-3-7-18(15)11-17/h4,6,8-14,21H,3,5,7H2,1-2H3/t13-,14?/m0/s1. The minimum atomic E-state index is 0.284. The van der Waals surface area contributed by atoms with E-state index in [-0.39, 0.29) is 6.04 Å². The van der Waals surface area contributed by atoms with E-state index in [1.807, 2.05) is 18.2 Å². The van der Waals surface area contributed by atoms with E-state index in [9.17, 15) is 0 Å². The van der Waals surface area contributed by atoms with Crippen LogP contribution in [0.2, 0.25) is 5.02 Å². The Morgan fingerprint density at radius 3 is 2.38 bits per heavy atom. The molecular formula is C19H22ClN. The van der Waals surface area contributed by atoms with Gasteiger partial charge in [-0.3, -0.25) is 0 Å². The summed E-state index contributed by atoms with van der Waals surface area (Å²) >= 11 is 6.08. The van der Waals surface area contributed by atoms with Crippen LogP contribution in [0.1, 0.15) is 54.6 Å². The first-order chi connectivity index (χ1) is 10.1. The SMILES string of the molecule is CC(N[C@@H](C)c1cccc(Cl)c1)c1ccc2c(c1)CCC2. The van der Waals surface area contributed by atoms with E-state index in [1.54, 1.807) is 0 Å². The second kappa shape index (κ2) is 6.21. The zero-order valence-electron chi connectivity index (χ0n) is 12.7. The predicted molar refractivity (Wildman–Crippen MR) is 89.9 cm³/mol. The van der Waals surface area contributed by atoms with Gasteiger partial charge < -0.3 is 5.32 Å². The summed E-state index contributed by atoms with van der Waals surface area (Å²) in [6.45, 7) is 4.42. The summed E-state index contributed by atoms with van der Waals surface area (Å²) < 4.78 is 0. The van der Waals surface area contributed by atoms with E-state index in [0.717, 1.165) is 5.02 Å². The molecule has 1 unspecified atom stereocenters. The van der Waals surface area contributed by atoms with E-state index in [2.05, 4.69) is 43.4 Å². The average molecular weight is 300 g/mol. The Hall–Kier alpha value is -1.31. The molecule has 0 aliphatic heterocycles. The molecule has 21 heavy (non-hydrogen) atoms. The molecule has 1 N–H and O–H groups in total. The molecule has 0 amide bonds. The molecule has 0 saturated heterocycles. The Balaban J connectivity index is 1.72. The highest BCUT2D eigenvalue weighted by Crippen LogP contribution is 2.27. The molecule has 0 bridgehead atoms. The maximum atomic E-state index is 6.08. The number of hydrogen-bond acceptors (Lipinski definition) is 1. The molecular weight excluding hydrogens is 278 g/mol. The second-order valence-electron chi connectivity index (χ2n) is 6.05. The molecule has 3 rings (SSSR count). The van der Waals surface area contributed by atoms with Crippen molar-refractivity contribution in [1.82, 2.24) is 5.32 Å². The minimum Gasteiger partial charge on any atom is -0.304 e. The lowest BCUT2D eigenvalue weighted by atomic mass is 10.0. The van der Waals surface area contributed by atoms with Crippen LogP contribution in [0.4, 0.5) is 0 Å². The van der Waals surface area contributed by atoms with Crippen molar-refractivity contribution in [3.8, 4) is 0 Å². The van der Waals surface area contributed by atoms with Gasteiger partial charge in [0.05, 0.1) is 0 Å². The number of rotatable bonds is 4. The number of nitrogens with one attached hydrogen (secondary N) is 1. The fourth-order valence-corrected chi connectivity index (χ4v) is 3.40. The summed E-state index contributed by atoms with van der Waals surface area (Å²) in [4.78, 5) is 0. The summed E-state index contributed by atoms with van der Waals surface area (Å²) in [5.41, 5.74) is 5.69. The van der Waals surface area contributed by atoms with Crippen molar-refractivity contribution in [2.75, 3.05) is 0 Å². The van der Waals surface area contributed by atoms with Gasteiger partial charge in [0.25, 0.3) is 0 Å². The smallest absolute Gasteiger partial charge is 0.0409 e. The van der Waals surface area contributed by atoms with Gasteiger partial charge in [0, 0.05) is 17.1 Å². The fourth-order valence-electron chi connectivity index (χ4n) is 3.20. The second-order valence-corrected chi connectivity index (χ2v) is 6.48. The molecule has 0 heterocycles. The maximum Gasteiger partial charge on any atom is 0.0409 e. The first-order valence-corrected chi connectivity index (χ1v) is 8.14. The number of hydrogen-bond donors (Lipinski definition) is 1. The molecule has 110 valence electrons. The topological polar surface area (TPSA) is 12.0 Å². The third kappa shape index (κ3) is 3.30. The van der Waals surface area contributed by atoms with E-state index in [1.165, 1.54) is 41.5 Å². The summed E-state index contributed by atoms with van der Waals surface area (Å²) in [5.74, 6) is 0. The van der Waals surface area contributed by atoms with Crippen molar-refractivity contribution in [2.45, 2.75) is 45.2 Å². The molecule has 0 saturated carbocycles. The highest BCUT2D eigenvalue weighted by atomic mass is 35.5. The summed E-state index contributed by atoms with van der Waals surface area (Å²) in [5, 5.41) is 4.47. The van der Waals surface area contributed by atoms with Crippen molar-refractivity contribution in [1.29, 1.82) is 0 Å². The molecule has 1 aliphatic rings. The number of aryl methyl sites for hydroxylation is 2. The first-order valence-electron chi connectivity index (χ1n) is 7.76. The van der Waals surface area contributed by atoms with Gasteiger partial charge in [-0.1, -0.05) is 41.9 Å². The van der Waals surface area contributed by atoms with E-state index < -0.39 is 0 Å². The van der Waals surface area contributed by atoms with Crippen molar-refractivity contribution >= 4 is 11.6 Å². The molecule has 0 spiro atoms. The van der Waals surface area contributed by atoms with Crippen molar-refractivity contribution < 1.29 is 0 Å². The molecule has 0 aromatic heterocycles. The quantitative estimate of drug-likeness (QED) is 0.814. The van der Waals surface area contributed by atoms with Crippen molar-refractivity contribution in [3.05, 3.63) is 69.7 Å². The highest BCUT2D eigenvalue weighted by Gasteiger charge is 2.15. The van der Waals surface area contributed by atoms with Crippen molar-refractivity contribution in [2.24, 2.45) is 0 Å². The summed E-state index contributed by atoms with van der Waals surface area (Å²) in [6, 6.07) is 15.7. The van der Waals surface area contributed by atoms with Crippen LogP contribution in [0.15, 0.2) is 42.5 Å². The Bertz CT molecular complexity index is 635. The lowest BCUT2D eigenvalue weighted by molar-refractivity contribution is 0.494. The Morgan fingerprint density at radius 2 is 1.62 bits per heavy atom. The van der Waals surface area contributed by atoms with Gasteiger partial charge in [-0.15, -0.1) is 0 Å². The summed E-state index contributed by atoms with van der Waals surface area (Å²) in [6.07, 6.45) is 3.79. The summed E-state index contributed by atoms with van der Waals surface area (Å²) in [7, 11) is 0. The molecule has 2 aromatic rings. The molecule has 1 aliphatic carbocycles. The Labute approximate surface area is 132 Å². The van der Waals surface area contributed by atoms with Crippen LogP contribution in [0.3, 0.4) is 0 Å². The van der Waals surface area contributed by atoms with Crippen LogP contribution in [0, 0.1) is 0 Å². The van der Waals surface area contributed by atoms with Gasteiger partial charge >= 0.3 is 0 Å². The molecule has 1 nitrogen and oxygen atoms in total. The molecule has 2 aromatic carbocycles. The van der Waals surface area contributed by atoms with Gasteiger partial charge in [0.1, 0.15) is 0 Å². The Morgan fingerprint density at radius 1 is 0.905 bits per heavy atom. The van der Waals surface area contributed by atoms with Crippen LogP contribution in [-0.2, 0) is 12.8 Å². The van der Waals surface area contributed by atoms with Gasteiger partial charge in [0.2, 0.25) is 0 Å². The molecule has 2 atom stereocenters. The van der Waals surface area contributed by atoms with Gasteiger partial charge in [-0.25, -0.2) is 0 Å². The third-order valence-corrected chi connectivity index (χ3v) is 4.71. The lowest BCUT2D eigenvalue weighted by Crippen LogP contribution is -2.22. The normalized spacial score (nSPS) is 16.5. The van der Waals surface area contributed by atoms with E-state index in [4.69, 9.17) is 11.6 Å². The van der Waals surface area contributed by atoms with Crippen LogP contribution < -0.4 is 5.32 Å². The van der Waals surface area contributed by atoms with Crippen LogP contribution in [-0.4, -0.2) is 0 Å². The highest BCUT2D eigenvalue weighted by molar-refractivity contribution is 6.30. The average Bonchev–Trinajstić information content (AvgIpc) is 2.94. The van der Waals surface area contributed by atoms with E-state index >= 15 is 0 Å². The van der Waals surface area contributed by atoms with Gasteiger partial charge in [-0.05, 0) is 67.5 Å². The Kier molecular flexibility index (Phi) is 4.32. The molecule has 2 heteroatoms. The molecule has 0 radical (unpaired) electrons. The third-order valence-electron chi connectivity index (χ3n) is 4.47.